The van der Waals surface area contributed by atoms with E-state index in [0.717, 1.165) is 0 Å². The number of hydrogen-bond donors (Lipinski definition) is 1. The van der Waals surface area contributed by atoms with Crippen LogP contribution in [0.3, 0.4) is 0 Å². The molecule has 1 heterocycles. The van der Waals surface area contributed by atoms with E-state index in [9.17, 15) is 19.7 Å². The van der Waals surface area contributed by atoms with Crippen LogP contribution in [-0.4, -0.2) is 30.4 Å². The Kier molecular flexibility index (Phi) is 4.83. The molecule has 0 radical (unpaired) electrons. The molecule has 134 valence electrons. The zero-order valence-electron chi connectivity index (χ0n) is 14.0. The molecular weight excluding hydrogens is 338 g/mol. The van der Waals surface area contributed by atoms with E-state index in [4.69, 9.17) is 4.74 Å². The van der Waals surface area contributed by atoms with Gasteiger partial charge in [0.15, 0.2) is 0 Å². The molecule has 26 heavy (non-hydrogen) atoms. The predicted molar refractivity (Wildman–Crippen MR) is 95.2 cm³/mol. The van der Waals surface area contributed by atoms with Gasteiger partial charge in [-0.05, 0) is 24.3 Å². The second-order valence-electron chi connectivity index (χ2n) is 5.87. The Morgan fingerprint density at radius 1 is 1.23 bits per heavy atom. The lowest BCUT2D eigenvalue weighted by atomic mass is 10.1. The molecule has 1 unspecified atom stereocenters. The largest absolute Gasteiger partial charge is 0.495 e. The summed E-state index contributed by atoms with van der Waals surface area (Å²) >= 11 is 0. The number of carbonyl (C=O) groups excluding carboxylic acids is 2. The fourth-order valence-electron chi connectivity index (χ4n) is 2.88. The van der Waals surface area contributed by atoms with Gasteiger partial charge < -0.3 is 15.0 Å². The minimum atomic E-state index is -0.511. The van der Waals surface area contributed by atoms with Gasteiger partial charge in [-0.1, -0.05) is 12.1 Å². The quantitative estimate of drug-likeness (QED) is 0.656. The molecule has 0 spiro atoms. The molecule has 1 saturated heterocycles. The maximum Gasteiger partial charge on any atom is 0.269 e. The van der Waals surface area contributed by atoms with Crippen LogP contribution in [-0.2, 0) is 9.59 Å². The fourth-order valence-corrected chi connectivity index (χ4v) is 2.88. The van der Waals surface area contributed by atoms with E-state index >= 15 is 0 Å². The Balaban J connectivity index is 1.70. The van der Waals surface area contributed by atoms with Crippen molar-refractivity contribution in [2.45, 2.75) is 6.42 Å². The first-order valence-electron chi connectivity index (χ1n) is 7.98. The summed E-state index contributed by atoms with van der Waals surface area (Å²) in [7, 11) is 1.53. The molecule has 0 aliphatic carbocycles. The molecule has 8 heteroatoms. The number of nitrogens with one attached hydrogen (secondary N) is 1. The number of para-hydroxylation sites is 2. The van der Waals surface area contributed by atoms with Crippen molar-refractivity contribution in [3.8, 4) is 5.75 Å². The number of hydrogen-bond acceptors (Lipinski definition) is 5. The summed E-state index contributed by atoms with van der Waals surface area (Å²) in [6.07, 6.45) is 0.0941. The zero-order valence-corrected chi connectivity index (χ0v) is 14.0. The summed E-state index contributed by atoms with van der Waals surface area (Å²) in [4.78, 5) is 36.5. The van der Waals surface area contributed by atoms with Crippen LogP contribution >= 0.6 is 0 Å². The van der Waals surface area contributed by atoms with Gasteiger partial charge in [-0.25, -0.2) is 0 Å². The van der Waals surface area contributed by atoms with Gasteiger partial charge in [0.25, 0.3) is 5.69 Å². The van der Waals surface area contributed by atoms with Gasteiger partial charge in [-0.3, -0.25) is 19.7 Å². The van der Waals surface area contributed by atoms with E-state index in [1.165, 1.54) is 31.4 Å². The molecule has 0 saturated carbocycles. The number of methoxy groups -OCH3 is 1. The molecule has 2 aromatic carbocycles. The molecule has 1 aliphatic heterocycles. The number of non-ortho nitro benzene ring substituents is 1. The third-order valence-electron chi connectivity index (χ3n) is 4.22. The standard InChI is InChI=1S/C18H17N3O5/c1-26-16-5-3-2-4-15(16)20-11-12(10-17(20)22)18(23)19-13-6-8-14(9-7-13)21(24)25/h2-9,12H,10-11H2,1H3,(H,19,23). The summed E-state index contributed by atoms with van der Waals surface area (Å²) in [5, 5.41) is 13.4. The highest BCUT2D eigenvalue weighted by Gasteiger charge is 2.36. The van der Waals surface area contributed by atoms with E-state index in [1.807, 2.05) is 6.07 Å². The molecule has 0 bridgehead atoms. The average molecular weight is 355 g/mol. The first-order chi connectivity index (χ1) is 12.5. The van der Waals surface area contributed by atoms with Crippen molar-refractivity contribution < 1.29 is 19.2 Å². The van der Waals surface area contributed by atoms with E-state index in [-0.39, 0.29) is 30.5 Å². The number of amides is 2. The minimum Gasteiger partial charge on any atom is -0.495 e. The van der Waals surface area contributed by atoms with Crippen LogP contribution in [0.5, 0.6) is 5.75 Å². The van der Waals surface area contributed by atoms with Crippen molar-refractivity contribution in [2.24, 2.45) is 5.92 Å². The van der Waals surface area contributed by atoms with Crippen molar-refractivity contribution in [1.82, 2.24) is 0 Å². The average Bonchev–Trinajstić information content (AvgIpc) is 3.04. The molecule has 0 aromatic heterocycles. The Morgan fingerprint density at radius 2 is 1.92 bits per heavy atom. The van der Waals surface area contributed by atoms with Gasteiger partial charge in [-0.2, -0.15) is 0 Å². The van der Waals surface area contributed by atoms with Crippen LogP contribution in [0.4, 0.5) is 17.1 Å². The number of nitro groups is 1. The Hall–Kier alpha value is -3.42. The molecule has 1 atom stereocenters. The van der Waals surface area contributed by atoms with Crippen LogP contribution in [0.25, 0.3) is 0 Å². The van der Waals surface area contributed by atoms with Gasteiger partial charge >= 0.3 is 0 Å². The Morgan fingerprint density at radius 3 is 2.58 bits per heavy atom. The van der Waals surface area contributed by atoms with E-state index in [0.29, 0.717) is 17.1 Å². The molecule has 1 fully saturated rings. The van der Waals surface area contributed by atoms with Crippen molar-refractivity contribution in [2.75, 3.05) is 23.9 Å². The Labute approximate surface area is 149 Å². The molecule has 2 amide bonds. The van der Waals surface area contributed by atoms with Crippen molar-refractivity contribution in [3.05, 3.63) is 58.6 Å². The first kappa shape index (κ1) is 17.4. The van der Waals surface area contributed by atoms with E-state index in [2.05, 4.69) is 5.32 Å². The molecule has 3 rings (SSSR count). The molecular formula is C18H17N3O5. The number of rotatable bonds is 5. The maximum absolute atomic E-state index is 12.5. The van der Waals surface area contributed by atoms with Gasteiger partial charge in [0, 0.05) is 30.8 Å². The van der Waals surface area contributed by atoms with Gasteiger partial charge in [0.2, 0.25) is 11.8 Å². The number of ether oxygens (including phenoxy) is 1. The third-order valence-corrected chi connectivity index (χ3v) is 4.22. The molecule has 2 aromatic rings. The number of benzene rings is 2. The van der Waals surface area contributed by atoms with Crippen molar-refractivity contribution in [1.29, 1.82) is 0 Å². The molecule has 1 aliphatic rings. The molecule has 1 N–H and O–H groups in total. The lowest BCUT2D eigenvalue weighted by Gasteiger charge is -2.19. The minimum absolute atomic E-state index is 0.0543. The topological polar surface area (TPSA) is 102 Å². The monoisotopic (exact) mass is 355 g/mol. The summed E-state index contributed by atoms with van der Waals surface area (Å²) < 4.78 is 5.28. The van der Waals surface area contributed by atoms with Crippen molar-refractivity contribution in [3.63, 3.8) is 0 Å². The lowest BCUT2D eigenvalue weighted by molar-refractivity contribution is -0.384. The number of anilines is 2. The predicted octanol–water partition coefficient (Wildman–Crippen LogP) is 2.60. The van der Waals surface area contributed by atoms with Crippen LogP contribution in [0.15, 0.2) is 48.5 Å². The maximum atomic E-state index is 12.5. The summed E-state index contributed by atoms with van der Waals surface area (Å²) in [6.45, 7) is 0.248. The SMILES string of the molecule is COc1ccccc1N1CC(C(=O)Nc2ccc([N+](=O)[O-])cc2)CC1=O. The number of carbonyl (C=O) groups is 2. The second-order valence-corrected chi connectivity index (χ2v) is 5.87. The van der Waals surface area contributed by atoms with Crippen LogP contribution in [0.1, 0.15) is 6.42 Å². The van der Waals surface area contributed by atoms with E-state index < -0.39 is 10.8 Å². The van der Waals surface area contributed by atoms with Crippen LogP contribution in [0.2, 0.25) is 0 Å². The number of nitrogens with zero attached hydrogens (tertiary/aromatic N) is 2. The van der Waals surface area contributed by atoms with Crippen LogP contribution in [0, 0.1) is 16.0 Å². The summed E-state index contributed by atoms with van der Waals surface area (Å²) in [5.74, 6) is -0.400. The lowest BCUT2D eigenvalue weighted by Crippen LogP contribution is -2.28. The van der Waals surface area contributed by atoms with Gasteiger partial charge in [-0.15, -0.1) is 0 Å². The number of nitro benzene ring substituents is 1. The highest BCUT2D eigenvalue weighted by molar-refractivity contribution is 6.04. The van der Waals surface area contributed by atoms with Crippen molar-refractivity contribution >= 4 is 28.9 Å². The molecule has 8 nitrogen and oxygen atoms in total. The van der Waals surface area contributed by atoms with E-state index in [1.54, 1.807) is 23.1 Å². The summed E-state index contributed by atoms with van der Waals surface area (Å²) in [5.41, 5.74) is 1.02. The zero-order chi connectivity index (χ0) is 18.7. The fraction of sp³-hybridized carbons (Fsp3) is 0.222. The smallest absolute Gasteiger partial charge is 0.269 e. The normalized spacial score (nSPS) is 16.4. The summed E-state index contributed by atoms with van der Waals surface area (Å²) in [6, 6.07) is 12.7. The Bertz CT molecular complexity index is 850. The van der Waals surface area contributed by atoms with Gasteiger partial charge in [0.1, 0.15) is 5.75 Å². The van der Waals surface area contributed by atoms with Gasteiger partial charge in [0.05, 0.1) is 23.6 Å². The highest BCUT2D eigenvalue weighted by Crippen LogP contribution is 2.33. The first-order valence-corrected chi connectivity index (χ1v) is 7.98. The highest BCUT2D eigenvalue weighted by atomic mass is 16.6. The third kappa shape index (κ3) is 3.49. The van der Waals surface area contributed by atoms with Crippen LogP contribution < -0.4 is 15.0 Å². The second kappa shape index (κ2) is 7.22.